The molecule has 0 spiro atoms. The average molecular weight is 247 g/mol. The fourth-order valence-corrected chi connectivity index (χ4v) is 2.52. The van der Waals surface area contributed by atoms with Crippen LogP contribution in [0.4, 0.5) is 0 Å². The van der Waals surface area contributed by atoms with E-state index >= 15 is 0 Å². The number of rotatable bonds is 4. The summed E-state index contributed by atoms with van der Waals surface area (Å²) in [4.78, 5) is 11.9. The van der Waals surface area contributed by atoms with Gasteiger partial charge in [-0.3, -0.25) is 8.98 Å². The maximum atomic E-state index is 11.9. The van der Waals surface area contributed by atoms with E-state index in [1.54, 1.807) is 13.8 Å². The third-order valence-corrected chi connectivity index (χ3v) is 4.38. The summed E-state index contributed by atoms with van der Waals surface area (Å²) in [6.07, 6.45) is 5.64. The van der Waals surface area contributed by atoms with Crippen molar-refractivity contribution in [3.63, 3.8) is 0 Å². The fourth-order valence-electron chi connectivity index (χ4n) is 1.89. The van der Waals surface area contributed by atoms with Crippen molar-refractivity contribution in [2.45, 2.75) is 56.7 Å². The van der Waals surface area contributed by atoms with Gasteiger partial charge in [0, 0.05) is 6.04 Å². The molecule has 0 bridgehead atoms. The number of hydrogen-bond acceptors (Lipinski definition) is 3. The molecule has 1 atom stereocenters. The minimum Gasteiger partial charge on any atom is -0.352 e. The standard InChI is InChI=1S/C11H21NO3S/c1-11(2,16(14)15-3)10(13)12-9-7-5-4-6-8-9/h9H,4-8H2,1-3H3,(H,12,13). The van der Waals surface area contributed by atoms with Crippen LogP contribution in [0.1, 0.15) is 46.0 Å². The predicted molar refractivity (Wildman–Crippen MR) is 64.2 cm³/mol. The number of amides is 1. The summed E-state index contributed by atoms with van der Waals surface area (Å²) in [6, 6.07) is 0.245. The van der Waals surface area contributed by atoms with Crippen molar-refractivity contribution < 1.29 is 13.2 Å². The summed E-state index contributed by atoms with van der Waals surface area (Å²) in [5.74, 6) is -0.181. The lowest BCUT2D eigenvalue weighted by atomic mass is 9.95. The second kappa shape index (κ2) is 5.77. The van der Waals surface area contributed by atoms with E-state index in [4.69, 9.17) is 4.18 Å². The van der Waals surface area contributed by atoms with Gasteiger partial charge in [-0.25, -0.2) is 4.21 Å². The number of nitrogens with one attached hydrogen (secondary N) is 1. The minimum absolute atomic E-state index is 0.181. The minimum atomic E-state index is -1.58. The van der Waals surface area contributed by atoms with E-state index in [2.05, 4.69) is 5.32 Å². The summed E-state index contributed by atoms with van der Waals surface area (Å²) in [6.45, 7) is 3.29. The molecule has 0 aromatic rings. The Balaban J connectivity index is 2.53. The Kier molecular flexibility index (Phi) is 4.92. The first-order chi connectivity index (χ1) is 7.48. The van der Waals surface area contributed by atoms with Crippen LogP contribution in [-0.4, -0.2) is 28.0 Å². The van der Waals surface area contributed by atoms with Crippen LogP contribution in [0, 0.1) is 0 Å². The van der Waals surface area contributed by atoms with Crippen LogP contribution in [0.15, 0.2) is 0 Å². The van der Waals surface area contributed by atoms with E-state index in [1.165, 1.54) is 26.4 Å². The quantitative estimate of drug-likeness (QED) is 0.819. The van der Waals surface area contributed by atoms with Crippen molar-refractivity contribution in [3.8, 4) is 0 Å². The summed E-state index contributed by atoms with van der Waals surface area (Å²) in [5.41, 5.74) is 0. The summed E-state index contributed by atoms with van der Waals surface area (Å²) >= 11 is -1.58. The molecule has 0 saturated heterocycles. The van der Waals surface area contributed by atoms with Crippen LogP contribution in [0.25, 0.3) is 0 Å². The third kappa shape index (κ3) is 3.28. The highest BCUT2D eigenvalue weighted by atomic mass is 32.2. The molecule has 0 aromatic carbocycles. The van der Waals surface area contributed by atoms with Crippen LogP contribution in [0.2, 0.25) is 0 Å². The molecular formula is C11H21NO3S. The molecule has 1 N–H and O–H groups in total. The van der Waals surface area contributed by atoms with Gasteiger partial charge in [0.1, 0.15) is 4.75 Å². The van der Waals surface area contributed by atoms with Crippen LogP contribution < -0.4 is 5.32 Å². The van der Waals surface area contributed by atoms with Crippen LogP contribution in [0.3, 0.4) is 0 Å². The second-order valence-corrected chi connectivity index (χ2v) is 6.54. The van der Waals surface area contributed by atoms with Crippen molar-refractivity contribution in [3.05, 3.63) is 0 Å². The normalized spacial score (nSPS) is 20.4. The molecule has 1 unspecified atom stereocenters. The number of hydrogen-bond donors (Lipinski definition) is 1. The Morgan fingerprint density at radius 1 is 1.31 bits per heavy atom. The molecule has 0 heterocycles. The van der Waals surface area contributed by atoms with Crippen LogP contribution >= 0.6 is 0 Å². The molecule has 94 valence electrons. The van der Waals surface area contributed by atoms with Crippen molar-refractivity contribution >= 4 is 17.0 Å². The topological polar surface area (TPSA) is 55.4 Å². The molecule has 1 rings (SSSR count). The molecule has 5 heteroatoms. The van der Waals surface area contributed by atoms with Crippen molar-refractivity contribution in [2.75, 3.05) is 7.11 Å². The highest BCUT2D eigenvalue weighted by molar-refractivity contribution is 7.82. The molecule has 1 aliphatic carbocycles. The van der Waals surface area contributed by atoms with Crippen molar-refractivity contribution in [1.29, 1.82) is 0 Å². The van der Waals surface area contributed by atoms with Crippen molar-refractivity contribution in [1.82, 2.24) is 5.32 Å². The van der Waals surface area contributed by atoms with Crippen molar-refractivity contribution in [2.24, 2.45) is 0 Å². The largest absolute Gasteiger partial charge is 0.352 e. The smallest absolute Gasteiger partial charge is 0.240 e. The van der Waals surface area contributed by atoms with Gasteiger partial charge >= 0.3 is 0 Å². The molecule has 0 aliphatic heterocycles. The lowest BCUT2D eigenvalue weighted by molar-refractivity contribution is -0.123. The average Bonchev–Trinajstić information content (AvgIpc) is 2.29. The van der Waals surface area contributed by atoms with Gasteiger partial charge in [0.2, 0.25) is 5.91 Å². The molecular weight excluding hydrogens is 226 g/mol. The molecule has 4 nitrogen and oxygen atoms in total. The first-order valence-corrected chi connectivity index (χ1v) is 6.83. The molecule has 1 saturated carbocycles. The van der Waals surface area contributed by atoms with Crippen LogP contribution in [0.5, 0.6) is 0 Å². The molecule has 16 heavy (non-hydrogen) atoms. The maximum Gasteiger partial charge on any atom is 0.240 e. The van der Waals surface area contributed by atoms with Gasteiger partial charge < -0.3 is 5.32 Å². The van der Waals surface area contributed by atoms with Gasteiger partial charge in [-0.05, 0) is 26.7 Å². The third-order valence-electron chi connectivity index (χ3n) is 3.06. The fraction of sp³-hybridized carbons (Fsp3) is 0.909. The first kappa shape index (κ1) is 13.6. The molecule has 1 aliphatic rings. The van der Waals surface area contributed by atoms with E-state index in [9.17, 15) is 9.00 Å². The number of carbonyl (C=O) groups is 1. The molecule has 0 aromatic heterocycles. The SMILES string of the molecule is COS(=O)C(C)(C)C(=O)NC1CCCCC1. The molecule has 0 radical (unpaired) electrons. The highest BCUT2D eigenvalue weighted by Gasteiger charge is 2.36. The Morgan fingerprint density at radius 3 is 2.38 bits per heavy atom. The van der Waals surface area contributed by atoms with Gasteiger partial charge in [0.15, 0.2) is 11.1 Å². The first-order valence-electron chi connectivity index (χ1n) is 5.76. The van der Waals surface area contributed by atoms with Gasteiger partial charge in [0.25, 0.3) is 0 Å². The molecule has 1 fully saturated rings. The molecule has 1 amide bonds. The zero-order valence-electron chi connectivity index (χ0n) is 10.2. The maximum absolute atomic E-state index is 11.9. The zero-order chi connectivity index (χ0) is 12.2. The Labute approximate surface area is 99.8 Å². The Bertz CT molecular complexity index is 272. The van der Waals surface area contributed by atoms with E-state index < -0.39 is 15.8 Å². The summed E-state index contributed by atoms with van der Waals surface area (Å²) in [7, 11) is 1.35. The Hall–Kier alpha value is -0.420. The van der Waals surface area contributed by atoms with Gasteiger partial charge in [-0.2, -0.15) is 0 Å². The lowest BCUT2D eigenvalue weighted by Gasteiger charge is -2.27. The lowest BCUT2D eigenvalue weighted by Crippen LogP contribution is -2.49. The van der Waals surface area contributed by atoms with Gasteiger partial charge in [-0.1, -0.05) is 19.3 Å². The zero-order valence-corrected chi connectivity index (χ0v) is 11.1. The van der Waals surface area contributed by atoms with Gasteiger partial charge in [0.05, 0.1) is 7.11 Å². The van der Waals surface area contributed by atoms with Gasteiger partial charge in [-0.15, -0.1) is 0 Å². The number of carbonyl (C=O) groups excluding carboxylic acids is 1. The monoisotopic (exact) mass is 247 g/mol. The van der Waals surface area contributed by atoms with E-state index in [-0.39, 0.29) is 11.9 Å². The van der Waals surface area contributed by atoms with E-state index in [0.717, 1.165) is 12.8 Å². The van der Waals surface area contributed by atoms with E-state index in [1.807, 2.05) is 0 Å². The predicted octanol–water partition coefficient (Wildman–Crippen LogP) is 1.52. The summed E-state index contributed by atoms with van der Waals surface area (Å²) < 4.78 is 15.3. The second-order valence-electron chi connectivity index (χ2n) is 4.72. The Morgan fingerprint density at radius 2 is 1.88 bits per heavy atom. The van der Waals surface area contributed by atoms with Crippen LogP contribution in [-0.2, 0) is 20.1 Å². The summed E-state index contributed by atoms with van der Waals surface area (Å²) in [5, 5.41) is 2.96. The van der Waals surface area contributed by atoms with E-state index in [0.29, 0.717) is 0 Å². The highest BCUT2D eigenvalue weighted by Crippen LogP contribution is 2.20.